The molecule has 4 aromatic carbocycles. The lowest BCUT2D eigenvalue weighted by molar-refractivity contribution is 0.0967. The van der Waals surface area contributed by atoms with Gasteiger partial charge in [-0.3, -0.25) is 14.2 Å². The van der Waals surface area contributed by atoms with Gasteiger partial charge in [-0.25, -0.2) is 9.98 Å². The summed E-state index contributed by atoms with van der Waals surface area (Å²) in [5, 5.41) is 4.26. The van der Waals surface area contributed by atoms with Crippen molar-refractivity contribution in [2.75, 3.05) is 11.6 Å². The molecule has 1 N–H and O–H groups in total. The van der Waals surface area contributed by atoms with Crippen molar-refractivity contribution in [3.05, 3.63) is 154 Å². The van der Waals surface area contributed by atoms with Gasteiger partial charge < -0.3 is 5.32 Å². The van der Waals surface area contributed by atoms with Crippen LogP contribution in [0.1, 0.15) is 45.4 Å². The first-order valence-electron chi connectivity index (χ1n) is 14.3. The molecule has 43 heavy (non-hydrogen) atoms. The van der Waals surface area contributed by atoms with Gasteiger partial charge in [0.15, 0.2) is 22.4 Å². The van der Waals surface area contributed by atoms with Gasteiger partial charge in [-0.2, -0.15) is 0 Å². The zero-order chi connectivity index (χ0) is 29.8. The Morgan fingerprint density at radius 2 is 1.44 bits per heavy atom. The average molecular weight is 585 g/mol. The Labute approximate surface area is 255 Å². The van der Waals surface area contributed by atoms with Crippen molar-refractivity contribution in [2.24, 2.45) is 18.0 Å². The van der Waals surface area contributed by atoms with Crippen molar-refractivity contribution >= 4 is 34.8 Å². The molecular weight excluding hydrogens is 552 g/mol. The summed E-state index contributed by atoms with van der Waals surface area (Å²) in [7, 11) is 1.72. The third-order valence-electron chi connectivity index (χ3n) is 8.00. The van der Waals surface area contributed by atoms with Crippen LogP contribution in [0, 0.1) is 5.92 Å². The highest BCUT2D eigenvalue weighted by atomic mass is 32.2. The van der Waals surface area contributed by atoms with Crippen molar-refractivity contribution in [1.82, 2.24) is 9.55 Å². The summed E-state index contributed by atoms with van der Waals surface area (Å²) in [6.45, 7) is 0. The van der Waals surface area contributed by atoms with Crippen molar-refractivity contribution in [3.63, 3.8) is 0 Å². The number of aliphatic imine (C=N–C) groups is 1. The van der Waals surface area contributed by atoms with Crippen LogP contribution >= 0.6 is 11.8 Å². The number of carbonyl (C=O) groups is 1. The molecule has 0 spiro atoms. The highest BCUT2D eigenvalue weighted by Gasteiger charge is 2.40. The van der Waals surface area contributed by atoms with Crippen LogP contribution in [0.25, 0.3) is 0 Å². The maximum atomic E-state index is 13.9. The topological polar surface area (TPSA) is 76.3 Å². The Bertz CT molecular complexity index is 1810. The SMILES string of the molecule is CSc1nc2c(c(=O)n1C)N=C(c1ccccc1)[C@H]([C@@H](CC(=O)c1ccccc1)c1ccccc1)[C@@H](c1ccccc1)N2. The van der Waals surface area contributed by atoms with E-state index >= 15 is 0 Å². The third kappa shape index (κ3) is 5.81. The summed E-state index contributed by atoms with van der Waals surface area (Å²) < 4.78 is 1.54. The number of benzene rings is 4. The molecule has 0 radical (unpaired) electrons. The van der Waals surface area contributed by atoms with Gasteiger partial charge in [0.25, 0.3) is 5.56 Å². The van der Waals surface area contributed by atoms with Crippen LogP contribution in [0.2, 0.25) is 0 Å². The Kier molecular flexibility index (Phi) is 8.34. The van der Waals surface area contributed by atoms with Crippen LogP contribution in [-0.2, 0) is 7.05 Å². The molecule has 0 unspecified atom stereocenters. The van der Waals surface area contributed by atoms with Gasteiger partial charge in [0.05, 0.1) is 11.8 Å². The van der Waals surface area contributed by atoms with Crippen molar-refractivity contribution in [3.8, 4) is 0 Å². The molecule has 0 saturated heterocycles. The van der Waals surface area contributed by atoms with E-state index in [9.17, 15) is 9.59 Å². The van der Waals surface area contributed by atoms with Crippen LogP contribution in [0.4, 0.5) is 11.5 Å². The Hall–Kier alpha value is -4.75. The molecule has 5 aromatic rings. The number of thioether (sulfide) groups is 1. The average Bonchev–Trinajstić information content (AvgIpc) is 3.24. The number of rotatable bonds is 8. The van der Waals surface area contributed by atoms with Gasteiger partial charge in [-0.15, -0.1) is 0 Å². The Balaban J connectivity index is 1.63. The standard InChI is InChI=1S/C36H32N4O2S/c1-40-35(42)33-34(39-36(40)43-2)38-32(27-21-13-6-14-22-27)30(31(37-33)26-19-11-5-12-20-26)28(24-15-7-3-8-16-24)23-29(41)25-17-9-4-10-18-25/h3-22,28,30,32,38H,23H2,1-2H3/t28-,30-,32+/m0/s1. The molecule has 214 valence electrons. The molecule has 7 heteroatoms. The van der Waals surface area contributed by atoms with Crippen LogP contribution in [0.15, 0.2) is 136 Å². The summed E-state index contributed by atoms with van der Waals surface area (Å²) >= 11 is 1.41. The smallest absolute Gasteiger partial charge is 0.282 e. The number of nitrogens with one attached hydrogen (secondary N) is 1. The number of hydrogen-bond acceptors (Lipinski definition) is 6. The van der Waals surface area contributed by atoms with Crippen LogP contribution < -0.4 is 10.9 Å². The van der Waals surface area contributed by atoms with E-state index in [0.717, 1.165) is 22.4 Å². The monoisotopic (exact) mass is 584 g/mol. The van der Waals surface area contributed by atoms with Gasteiger partial charge >= 0.3 is 0 Å². The van der Waals surface area contributed by atoms with Crippen LogP contribution in [0.5, 0.6) is 0 Å². The zero-order valence-electron chi connectivity index (χ0n) is 24.1. The first kappa shape index (κ1) is 28.4. The molecule has 0 amide bonds. The minimum Gasteiger partial charge on any atom is -0.361 e. The predicted octanol–water partition coefficient (Wildman–Crippen LogP) is 7.46. The van der Waals surface area contributed by atoms with E-state index in [1.165, 1.54) is 11.8 Å². The number of hydrogen-bond donors (Lipinski definition) is 1. The molecule has 1 aliphatic heterocycles. The van der Waals surface area contributed by atoms with Gasteiger partial charge in [-0.1, -0.05) is 133 Å². The summed E-state index contributed by atoms with van der Waals surface area (Å²) in [6.07, 6.45) is 2.16. The largest absolute Gasteiger partial charge is 0.361 e. The first-order chi connectivity index (χ1) is 21.0. The third-order valence-corrected chi connectivity index (χ3v) is 8.73. The molecule has 0 fully saturated rings. The summed E-state index contributed by atoms with van der Waals surface area (Å²) in [5.41, 5.74) is 4.40. The second-order valence-electron chi connectivity index (χ2n) is 10.6. The van der Waals surface area contributed by atoms with Crippen LogP contribution in [-0.4, -0.2) is 27.3 Å². The molecule has 3 atom stereocenters. The van der Waals surface area contributed by atoms with E-state index in [4.69, 9.17) is 9.98 Å². The minimum absolute atomic E-state index is 0.0501. The zero-order valence-corrected chi connectivity index (χ0v) is 24.9. The molecule has 0 saturated carbocycles. The number of carbonyl (C=O) groups excluding carboxylic acids is 1. The van der Waals surface area contributed by atoms with Crippen LogP contribution in [0.3, 0.4) is 0 Å². The van der Waals surface area contributed by atoms with E-state index in [-0.39, 0.29) is 41.3 Å². The predicted molar refractivity (Wildman–Crippen MR) is 175 cm³/mol. The maximum absolute atomic E-state index is 13.9. The second kappa shape index (κ2) is 12.6. The maximum Gasteiger partial charge on any atom is 0.282 e. The molecule has 0 aliphatic carbocycles. The highest BCUT2D eigenvalue weighted by Crippen LogP contribution is 2.45. The number of aromatic nitrogens is 2. The van der Waals surface area contributed by atoms with E-state index in [2.05, 4.69) is 29.6 Å². The van der Waals surface area contributed by atoms with E-state index in [0.29, 0.717) is 16.5 Å². The molecule has 1 aromatic heterocycles. The van der Waals surface area contributed by atoms with E-state index in [1.54, 1.807) is 11.6 Å². The summed E-state index contributed by atoms with van der Waals surface area (Å²) in [5.74, 6) is -0.118. The molecule has 2 heterocycles. The normalized spacial score (nSPS) is 16.7. The lowest BCUT2D eigenvalue weighted by atomic mass is 9.72. The molecule has 6 nitrogen and oxygen atoms in total. The number of nitrogens with zero attached hydrogens (tertiary/aromatic N) is 3. The first-order valence-corrected chi connectivity index (χ1v) is 15.5. The summed E-state index contributed by atoms with van der Waals surface area (Å²) in [4.78, 5) is 37.7. The molecule has 0 bridgehead atoms. The van der Waals surface area contributed by atoms with Crippen molar-refractivity contribution in [1.29, 1.82) is 0 Å². The van der Waals surface area contributed by atoms with Gasteiger partial charge in [0.1, 0.15) is 0 Å². The van der Waals surface area contributed by atoms with Gasteiger partial charge in [0, 0.05) is 30.9 Å². The van der Waals surface area contributed by atoms with Crippen molar-refractivity contribution in [2.45, 2.75) is 23.5 Å². The fourth-order valence-electron chi connectivity index (χ4n) is 5.88. The number of Topliss-reactive ketones (excluding diaryl/α,β-unsaturated/α-hetero) is 1. The Morgan fingerprint density at radius 3 is 2.07 bits per heavy atom. The fourth-order valence-corrected chi connectivity index (χ4v) is 6.42. The number of ketones is 1. The van der Waals surface area contributed by atoms with E-state index < -0.39 is 0 Å². The van der Waals surface area contributed by atoms with Gasteiger partial charge in [-0.05, 0) is 22.9 Å². The Morgan fingerprint density at radius 1 is 0.860 bits per heavy atom. The molecular formula is C36H32N4O2S. The molecule has 1 aliphatic rings. The minimum atomic E-state index is -0.343. The number of anilines is 1. The quantitative estimate of drug-likeness (QED) is 0.116. The lowest BCUT2D eigenvalue weighted by Gasteiger charge is -2.35. The van der Waals surface area contributed by atoms with Crippen molar-refractivity contribution < 1.29 is 4.79 Å². The molecule has 6 rings (SSSR count). The lowest BCUT2D eigenvalue weighted by Crippen LogP contribution is -2.34. The fraction of sp³-hybridized carbons (Fsp3) is 0.167. The number of fused-ring (bicyclic) bond motifs is 1. The highest BCUT2D eigenvalue weighted by molar-refractivity contribution is 7.98. The van der Waals surface area contributed by atoms with E-state index in [1.807, 2.05) is 103 Å². The second-order valence-corrected chi connectivity index (χ2v) is 11.4. The summed E-state index contributed by atoms with van der Waals surface area (Å²) in [6, 6.07) is 39.4. The van der Waals surface area contributed by atoms with Gasteiger partial charge in [0.2, 0.25) is 0 Å².